The number of dihydropyridines is 1. The molecule has 2 heterocycles. The third-order valence-electron chi connectivity index (χ3n) is 3.48. The minimum Gasteiger partial charge on any atom is -0.493 e. The fourth-order valence-electron chi connectivity index (χ4n) is 2.27. The number of methoxy groups -OCH3 is 1. The van der Waals surface area contributed by atoms with Crippen molar-refractivity contribution in [3.8, 4) is 17.2 Å². The number of nitrogens with two attached hydrogens (primary N) is 2. The van der Waals surface area contributed by atoms with E-state index < -0.39 is 0 Å². The summed E-state index contributed by atoms with van der Waals surface area (Å²) in [5.41, 5.74) is 7.37. The van der Waals surface area contributed by atoms with Crippen LogP contribution in [0.4, 0.5) is 5.82 Å². The molecule has 5 N–H and O–H groups in total. The molecule has 0 amide bonds. The highest BCUT2D eigenvalue weighted by Crippen LogP contribution is 2.37. The summed E-state index contributed by atoms with van der Waals surface area (Å²) in [6.45, 7) is 0. The number of allylic oxidation sites excluding steroid dienone is 3. The van der Waals surface area contributed by atoms with Gasteiger partial charge in [0.1, 0.15) is 0 Å². The number of anilines is 1. The van der Waals surface area contributed by atoms with Crippen LogP contribution in [-0.2, 0) is 0 Å². The number of ether oxygens (including phenoxy) is 2. The second-order valence-electron chi connectivity index (χ2n) is 5.20. The molecule has 2 aromatic rings. The fraction of sp³-hybridized carbons (Fsp3) is 0.0588. The molecule has 0 fully saturated rings. The smallest absolute Gasteiger partial charge is 0.206 e. The average Bonchev–Trinajstić information content (AvgIpc) is 2.69. The molecular formula is C17H16ClN7O2. The number of aromatic nitrogens is 2. The summed E-state index contributed by atoms with van der Waals surface area (Å²) < 4.78 is 11.0. The molecular weight excluding hydrogens is 370 g/mol. The van der Waals surface area contributed by atoms with Gasteiger partial charge in [0, 0.05) is 11.8 Å². The quantitative estimate of drug-likeness (QED) is 0.311. The molecule has 9 nitrogen and oxygen atoms in total. The Bertz CT molecular complexity index is 946. The summed E-state index contributed by atoms with van der Waals surface area (Å²) in [5, 5.41) is 9.84. The van der Waals surface area contributed by atoms with Gasteiger partial charge in [-0.15, -0.1) is 5.11 Å². The lowest BCUT2D eigenvalue weighted by molar-refractivity contribution is 0.378. The van der Waals surface area contributed by atoms with Crippen molar-refractivity contribution >= 4 is 23.0 Å². The summed E-state index contributed by atoms with van der Waals surface area (Å²) in [5.74, 6) is 6.55. The minimum atomic E-state index is 0.0726. The summed E-state index contributed by atoms with van der Waals surface area (Å²) >= 11 is 6.29. The van der Waals surface area contributed by atoms with Crippen molar-refractivity contribution in [2.75, 3.05) is 12.8 Å². The molecule has 0 spiro atoms. The first-order valence-corrected chi connectivity index (χ1v) is 8.09. The van der Waals surface area contributed by atoms with E-state index in [9.17, 15) is 0 Å². The van der Waals surface area contributed by atoms with Crippen LogP contribution in [0.15, 0.2) is 64.9 Å². The number of nitrogens with one attached hydrogen (secondary N) is 1. The zero-order valence-corrected chi connectivity index (χ0v) is 15.0. The molecule has 138 valence electrons. The SMILES string of the molecule is COc1ccccc1Oc1c(N)nc(C2=CC(=CN=NN)NC=C2)nc1Cl. The molecule has 1 aliphatic rings. The van der Waals surface area contributed by atoms with E-state index in [2.05, 4.69) is 25.6 Å². The van der Waals surface area contributed by atoms with Crippen LogP contribution in [0.5, 0.6) is 17.2 Å². The van der Waals surface area contributed by atoms with Crippen LogP contribution < -0.4 is 26.4 Å². The molecule has 0 radical (unpaired) electrons. The Kier molecular flexibility index (Phi) is 5.53. The number of para-hydroxylation sites is 2. The van der Waals surface area contributed by atoms with Crippen molar-refractivity contribution in [3.05, 3.63) is 65.5 Å². The van der Waals surface area contributed by atoms with Crippen LogP contribution in [0.2, 0.25) is 5.15 Å². The zero-order chi connectivity index (χ0) is 19.2. The average molecular weight is 386 g/mol. The highest BCUT2D eigenvalue weighted by molar-refractivity contribution is 6.31. The second-order valence-corrected chi connectivity index (χ2v) is 5.56. The van der Waals surface area contributed by atoms with Gasteiger partial charge in [0.15, 0.2) is 28.3 Å². The van der Waals surface area contributed by atoms with Gasteiger partial charge in [0.25, 0.3) is 0 Å². The maximum Gasteiger partial charge on any atom is 0.206 e. The lowest BCUT2D eigenvalue weighted by Crippen LogP contribution is -2.09. The molecule has 0 unspecified atom stereocenters. The van der Waals surface area contributed by atoms with Crippen LogP contribution in [0, 0.1) is 0 Å². The summed E-state index contributed by atoms with van der Waals surface area (Å²) in [7, 11) is 1.54. The van der Waals surface area contributed by atoms with E-state index in [0.717, 1.165) is 0 Å². The first-order chi connectivity index (χ1) is 13.1. The van der Waals surface area contributed by atoms with Gasteiger partial charge in [-0.2, -0.15) is 0 Å². The highest BCUT2D eigenvalue weighted by Gasteiger charge is 2.17. The second kappa shape index (κ2) is 8.19. The lowest BCUT2D eigenvalue weighted by Gasteiger charge is -2.14. The van der Waals surface area contributed by atoms with Gasteiger partial charge in [-0.25, -0.2) is 9.97 Å². The minimum absolute atomic E-state index is 0.0726. The molecule has 1 aromatic carbocycles. The molecule has 0 saturated heterocycles. The largest absolute Gasteiger partial charge is 0.493 e. The molecule has 0 saturated carbocycles. The molecule has 1 aromatic heterocycles. The monoisotopic (exact) mass is 385 g/mol. The molecule has 10 heteroatoms. The van der Waals surface area contributed by atoms with Gasteiger partial charge in [-0.05, 0) is 24.3 Å². The Morgan fingerprint density at radius 1 is 1.22 bits per heavy atom. The Hall–Kier alpha value is -3.59. The fourth-order valence-corrected chi connectivity index (χ4v) is 2.49. The number of halogens is 1. The van der Waals surface area contributed by atoms with Gasteiger partial charge in [0.2, 0.25) is 5.75 Å². The van der Waals surface area contributed by atoms with Crippen molar-refractivity contribution in [2.24, 2.45) is 16.2 Å². The van der Waals surface area contributed by atoms with Crippen molar-refractivity contribution in [1.82, 2.24) is 15.3 Å². The predicted molar refractivity (Wildman–Crippen MR) is 102 cm³/mol. The third-order valence-corrected chi connectivity index (χ3v) is 3.73. The lowest BCUT2D eigenvalue weighted by atomic mass is 10.1. The number of nitrogens with zero attached hydrogens (tertiary/aromatic N) is 4. The highest BCUT2D eigenvalue weighted by atomic mass is 35.5. The van der Waals surface area contributed by atoms with E-state index in [-0.39, 0.29) is 16.7 Å². The van der Waals surface area contributed by atoms with Crippen molar-refractivity contribution in [2.45, 2.75) is 0 Å². The van der Waals surface area contributed by atoms with Gasteiger partial charge in [-0.1, -0.05) is 29.0 Å². The normalized spacial score (nSPS) is 14.9. The van der Waals surface area contributed by atoms with Crippen LogP contribution >= 0.6 is 11.6 Å². The van der Waals surface area contributed by atoms with E-state index in [1.165, 1.54) is 13.3 Å². The third kappa shape index (κ3) is 4.15. The van der Waals surface area contributed by atoms with Crippen LogP contribution in [0.1, 0.15) is 5.82 Å². The van der Waals surface area contributed by atoms with Gasteiger partial charge in [0.05, 0.1) is 19.0 Å². The molecule has 1 aliphatic heterocycles. The molecule has 0 atom stereocenters. The van der Waals surface area contributed by atoms with E-state index in [1.807, 2.05) is 6.07 Å². The predicted octanol–water partition coefficient (Wildman–Crippen LogP) is 3.18. The number of nitrogen functional groups attached to an aromatic ring is 1. The van der Waals surface area contributed by atoms with Gasteiger partial charge < -0.3 is 26.4 Å². The Morgan fingerprint density at radius 3 is 2.70 bits per heavy atom. The van der Waals surface area contributed by atoms with Crippen LogP contribution in [0.25, 0.3) is 5.57 Å². The first-order valence-electron chi connectivity index (χ1n) is 7.71. The zero-order valence-electron chi connectivity index (χ0n) is 14.3. The molecule has 0 bridgehead atoms. The first kappa shape index (κ1) is 18.2. The summed E-state index contributed by atoms with van der Waals surface area (Å²) in [6.07, 6.45) is 6.66. The van der Waals surface area contributed by atoms with E-state index in [4.69, 9.17) is 32.7 Å². The van der Waals surface area contributed by atoms with Gasteiger partial charge in [-0.3, -0.25) is 0 Å². The van der Waals surface area contributed by atoms with E-state index >= 15 is 0 Å². The number of hydrogen-bond acceptors (Lipinski definition) is 8. The van der Waals surface area contributed by atoms with Crippen LogP contribution in [0.3, 0.4) is 0 Å². The summed E-state index contributed by atoms with van der Waals surface area (Å²) in [6, 6.07) is 7.10. The maximum absolute atomic E-state index is 6.29. The Morgan fingerprint density at radius 2 is 2.00 bits per heavy atom. The van der Waals surface area contributed by atoms with E-state index in [0.29, 0.717) is 28.6 Å². The van der Waals surface area contributed by atoms with E-state index in [1.54, 1.807) is 36.6 Å². The molecule has 0 aliphatic carbocycles. The number of benzene rings is 1. The maximum atomic E-state index is 6.29. The van der Waals surface area contributed by atoms with Crippen molar-refractivity contribution in [3.63, 3.8) is 0 Å². The Labute approximate surface area is 160 Å². The number of rotatable bonds is 5. The standard InChI is InChI=1S/C17H16ClN7O2/c1-26-12-4-2-3-5-13(12)27-14-15(18)23-17(24-16(14)19)10-6-7-21-11(8-10)9-22-25-20/h2-9,21H,1H3,(H2,20,22)(H2,19,23,24). The topological polar surface area (TPSA) is 133 Å². The Balaban J connectivity index is 1.93. The number of hydrogen-bond donors (Lipinski definition) is 3. The van der Waals surface area contributed by atoms with Gasteiger partial charge >= 0.3 is 0 Å². The van der Waals surface area contributed by atoms with Crippen molar-refractivity contribution in [1.29, 1.82) is 0 Å². The van der Waals surface area contributed by atoms with Crippen LogP contribution in [-0.4, -0.2) is 17.1 Å². The summed E-state index contributed by atoms with van der Waals surface area (Å²) in [4.78, 5) is 8.57. The molecule has 27 heavy (non-hydrogen) atoms. The molecule has 3 rings (SSSR count). The van der Waals surface area contributed by atoms with Crippen molar-refractivity contribution < 1.29 is 9.47 Å².